The normalized spacial score (nSPS) is 14.1. The number of methoxy groups -OCH3 is 2. The Hall–Kier alpha value is -3.01. The van der Waals surface area contributed by atoms with Crippen molar-refractivity contribution in [2.75, 3.05) is 58.5 Å². The van der Waals surface area contributed by atoms with E-state index in [0.29, 0.717) is 28.9 Å². The summed E-state index contributed by atoms with van der Waals surface area (Å²) in [4.78, 5) is 26.5. The Morgan fingerprint density at radius 2 is 1.97 bits per heavy atom. The highest BCUT2D eigenvalue weighted by Gasteiger charge is 2.23. The number of rotatable bonds is 9. The van der Waals surface area contributed by atoms with E-state index in [0.717, 1.165) is 50.5 Å². The van der Waals surface area contributed by atoms with Gasteiger partial charge in [0, 0.05) is 43.3 Å². The average molecular weight is 469 g/mol. The van der Waals surface area contributed by atoms with Gasteiger partial charge in [0.15, 0.2) is 16.6 Å². The summed E-state index contributed by atoms with van der Waals surface area (Å²) < 4.78 is 16.2. The Morgan fingerprint density at radius 3 is 2.70 bits per heavy atom. The fourth-order valence-electron chi connectivity index (χ4n) is 3.71. The van der Waals surface area contributed by atoms with Gasteiger partial charge in [0.1, 0.15) is 5.69 Å². The molecular weight excluding hydrogens is 440 g/mol. The van der Waals surface area contributed by atoms with Gasteiger partial charge in [0.2, 0.25) is 0 Å². The molecule has 1 aliphatic rings. The number of hydrogen-bond acceptors (Lipinski definition) is 8. The van der Waals surface area contributed by atoms with Gasteiger partial charge in [-0.25, -0.2) is 4.98 Å². The van der Waals surface area contributed by atoms with E-state index < -0.39 is 0 Å². The lowest BCUT2D eigenvalue weighted by molar-refractivity contribution is 0.0376. The summed E-state index contributed by atoms with van der Waals surface area (Å²) >= 11 is 1.45. The van der Waals surface area contributed by atoms with Crippen LogP contribution in [0.4, 0.5) is 5.13 Å². The smallest absolute Gasteiger partial charge is 0.278 e. The maximum atomic E-state index is 13.3. The predicted molar refractivity (Wildman–Crippen MR) is 128 cm³/mol. The molecule has 0 N–H and O–H groups in total. The number of hydrogen-bond donors (Lipinski definition) is 0. The van der Waals surface area contributed by atoms with Crippen LogP contribution in [-0.2, 0) is 4.74 Å². The second-order valence-corrected chi connectivity index (χ2v) is 8.40. The third-order valence-electron chi connectivity index (χ3n) is 5.49. The SMILES string of the molecule is COc1ccc(-c2csc(N(CCCN3CCOCC3)C(=O)c3ccccn3)n2)cc1OC. The molecule has 0 unspecified atom stereocenters. The number of morpholine rings is 1. The minimum atomic E-state index is -0.147. The van der Waals surface area contributed by atoms with Crippen LogP contribution in [0.2, 0.25) is 0 Å². The van der Waals surface area contributed by atoms with Gasteiger partial charge in [0.05, 0.1) is 33.1 Å². The minimum Gasteiger partial charge on any atom is -0.493 e. The maximum absolute atomic E-state index is 13.3. The lowest BCUT2D eigenvalue weighted by atomic mass is 10.1. The fraction of sp³-hybridized carbons (Fsp3) is 0.375. The summed E-state index contributed by atoms with van der Waals surface area (Å²) in [5.41, 5.74) is 2.09. The van der Waals surface area contributed by atoms with Gasteiger partial charge in [-0.1, -0.05) is 6.07 Å². The van der Waals surface area contributed by atoms with Gasteiger partial charge in [0.25, 0.3) is 5.91 Å². The molecule has 0 atom stereocenters. The first-order valence-corrected chi connectivity index (χ1v) is 11.8. The number of pyridine rings is 1. The summed E-state index contributed by atoms with van der Waals surface area (Å²) in [5.74, 6) is 1.15. The average Bonchev–Trinajstić information content (AvgIpc) is 3.37. The topological polar surface area (TPSA) is 77.0 Å². The lowest BCUT2D eigenvalue weighted by Gasteiger charge is -2.27. The van der Waals surface area contributed by atoms with Crippen LogP contribution in [0.15, 0.2) is 48.0 Å². The van der Waals surface area contributed by atoms with Crippen LogP contribution in [0.3, 0.4) is 0 Å². The van der Waals surface area contributed by atoms with Crippen LogP contribution in [0.5, 0.6) is 11.5 Å². The largest absolute Gasteiger partial charge is 0.493 e. The molecule has 3 heterocycles. The molecule has 2 aromatic heterocycles. The second-order valence-electron chi connectivity index (χ2n) is 7.56. The van der Waals surface area contributed by atoms with Crippen molar-refractivity contribution in [2.24, 2.45) is 0 Å². The Balaban J connectivity index is 1.55. The number of carbonyl (C=O) groups excluding carboxylic acids is 1. The molecule has 1 amide bonds. The van der Waals surface area contributed by atoms with E-state index in [1.54, 1.807) is 37.4 Å². The van der Waals surface area contributed by atoms with E-state index in [2.05, 4.69) is 9.88 Å². The van der Waals surface area contributed by atoms with E-state index in [1.165, 1.54) is 11.3 Å². The second kappa shape index (κ2) is 11.2. The highest BCUT2D eigenvalue weighted by atomic mass is 32.1. The quantitative estimate of drug-likeness (QED) is 0.475. The summed E-state index contributed by atoms with van der Waals surface area (Å²) in [7, 11) is 3.21. The first kappa shape index (κ1) is 23.2. The summed E-state index contributed by atoms with van der Waals surface area (Å²) in [6.07, 6.45) is 2.47. The van der Waals surface area contributed by atoms with Crippen LogP contribution < -0.4 is 14.4 Å². The number of anilines is 1. The van der Waals surface area contributed by atoms with Crippen molar-refractivity contribution in [1.29, 1.82) is 0 Å². The van der Waals surface area contributed by atoms with Gasteiger partial charge in [-0.3, -0.25) is 19.6 Å². The zero-order valence-corrected chi connectivity index (χ0v) is 19.7. The van der Waals surface area contributed by atoms with E-state index >= 15 is 0 Å². The highest BCUT2D eigenvalue weighted by molar-refractivity contribution is 7.14. The zero-order valence-electron chi connectivity index (χ0n) is 18.9. The molecule has 33 heavy (non-hydrogen) atoms. The summed E-state index contributed by atoms with van der Waals surface area (Å²) in [6, 6.07) is 11.0. The number of aromatic nitrogens is 2. The number of carbonyl (C=O) groups is 1. The minimum absolute atomic E-state index is 0.147. The molecule has 0 spiro atoms. The molecule has 1 saturated heterocycles. The number of nitrogens with zero attached hydrogens (tertiary/aromatic N) is 4. The Kier molecular flexibility index (Phi) is 7.87. The fourth-order valence-corrected chi connectivity index (χ4v) is 4.56. The van der Waals surface area contributed by atoms with Crippen molar-refractivity contribution < 1.29 is 19.0 Å². The monoisotopic (exact) mass is 468 g/mol. The molecule has 8 nitrogen and oxygen atoms in total. The number of ether oxygens (including phenoxy) is 3. The van der Waals surface area contributed by atoms with E-state index in [1.807, 2.05) is 29.6 Å². The van der Waals surface area contributed by atoms with Gasteiger partial charge in [-0.2, -0.15) is 0 Å². The van der Waals surface area contributed by atoms with Gasteiger partial charge in [-0.15, -0.1) is 11.3 Å². The van der Waals surface area contributed by atoms with Gasteiger partial charge < -0.3 is 14.2 Å². The van der Waals surface area contributed by atoms with Crippen LogP contribution in [-0.4, -0.2) is 74.4 Å². The van der Waals surface area contributed by atoms with Gasteiger partial charge >= 0.3 is 0 Å². The molecule has 174 valence electrons. The molecule has 1 aromatic carbocycles. The van der Waals surface area contributed by atoms with E-state index in [4.69, 9.17) is 19.2 Å². The van der Waals surface area contributed by atoms with Crippen molar-refractivity contribution in [3.8, 4) is 22.8 Å². The van der Waals surface area contributed by atoms with Crippen LogP contribution in [0.25, 0.3) is 11.3 Å². The number of thiazole rings is 1. The first-order valence-electron chi connectivity index (χ1n) is 10.9. The molecule has 4 rings (SSSR count). The maximum Gasteiger partial charge on any atom is 0.278 e. The molecular formula is C24H28N4O4S. The van der Waals surface area contributed by atoms with Crippen molar-refractivity contribution in [3.05, 3.63) is 53.7 Å². The Labute approximate surface area is 197 Å². The van der Waals surface area contributed by atoms with Crippen molar-refractivity contribution in [3.63, 3.8) is 0 Å². The van der Waals surface area contributed by atoms with Crippen LogP contribution in [0, 0.1) is 0 Å². The third kappa shape index (κ3) is 5.68. The molecule has 0 aliphatic carbocycles. The Morgan fingerprint density at radius 1 is 1.15 bits per heavy atom. The standard InChI is InChI=1S/C24H28N4O4S/c1-30-21-8-7-18(16-22(21)31-2)20-17-33-24(26-20)28(23(29)19-6-3-4-9-25-19)11-5-10-27-12-14-32-15-13-27/h3-4,6-9,16-17H,5,10-15H2,1-2H3. The predicted octanol–water partition coefficient (Wildman–Crippen LogP) is 3.59. The Bertz CT molecular complexity index is 1050. The van der Waals surface area contributed by atoms with Crippen molar-refractivity contribution >= 4 is 22.4 Å². The lowest BCUT2D eigenvalue weighted by Crippen LogP contribution is -2.39. The molecule has 0 bridgehead atoms. The van der Waals surface area contributed by atoms with E-state index in [9.17, 15) is 4.79 Å². The highest BCUT2D eigenvalue weighted by Crippen LogP contribution is 2.34. The van der Waals surface area contributed by atoms with Crippen LogP contribution in [0.1, 0.15) is 16.9 Å². The molecule has 0 radical (unpaired) electrons. The van der Waals surface area contributed by atoms with E-state index in [-0.39, 0.29) is 5.91 Å². The van der Waals surface area contributed by atoms with Crippen molar-refractivity contribution in [1.82, 2.24) is 14.9 Å². The van der Waals surface area contributed by atoms with Crippen LogP contribution >= 0.6 is 11.3 Å². The zero-order chi connectivity index (χ0) is 23.0. The molecule has 0 saturated carbocycles. The first-order chi connectivity index (χ1) is 16.2. The number of amides is 1. The summed E-state index contributed by atoms with van der Waals surface area (Å²) in [6.45, 7) is 4.84. The molecule has 1 fully saturated rings. The summed E-state index contributed by atoms with van der Waals surface area (Å²) in [5, 5.41) is 2.61. The third-order valence-corrected chi connectivity index (χ3v) is 6.35. The molecule has 3 aromatic rings. The molecule has 1 aliphatic heterocycles. The number of benzene rings is 1. The van der Waals surface area contributed by atoms with Crippen molar-refractivity contribution in [2.45, 2.75) is 6.42 Å². The van der Waals surface area contributed by atoms with Gasteiger partial charge in [-0.05, 0) is 36.8 Å². The molecule has 9 heteroatoms.